The van der Waals surface area contributed by atoms with Crippen LogP contribution in [0.5, 0.6) is 0 Å². The lowest BCUT2D eigenvalue weighted by Crippen LogP contribution is -1.97. The minimum atomic E-state index is -1.04. The van der Waals surface area contributed by atoms with E-state index in [1.165, 1.54) is 10.9 Å². The highest BCUT2D eigenvalue weighted by molar-refractivity contribution is 9.10. The van der Waals surface area contributed by atoms with Crippen LogP contribution >= 0.6 is 15.9 Å². The molecule has 0 atom stereocenters. The topological polar surface area (TPSA) is 80.9 Å². The molecule has 0 amide bonds. The number of pyridine rings is 2. The third kappa shape index (κ3) is 2.68. The number of hydrogen-bond donors (Lipinski definition) is 1. The Kier molecular flexibility index (Phi) is 3.49. The number of halogens is 1. The molecule has 104 valence electrons. The third-order valence-electron chi connectivity index (χ3n) is 2.83. The van der Waals surface area contributed by atoms with E-state index in [9.17, 15) is 9.90 Å². The highest BCUT2D eigenvalue weighted by Gasteiger charge is 2.18. The predicted octanol–water partition coefficient (Wildman–Crippen LogP) is 2.79. The minimum absolute atomic E-state index is 0.104. The predicted molar refractivity (Wildman–Crippen MR) is 79.2 cm³/mol. The van der Waals surface area contributed by atoms with Crippen molar-refractivity contribution >= 4 is 21.9 Å². The number of aromatic nitrogens is 4. The van der Waals surface area contributed by atoms with E-state index in [0.29, 0.717) is 17.1 Å². The molecule has 0 aliphatic heterocycles. The normalized spacial score (nSPS) is 10.5. The van der Waals surface area contributed by atoms with Crippen molar-refractivity contribution in [2.75, 3.05) is 0 Å². The van der Waals surface area contributed by atoms with Gasteiger partial charge in [0.25, 0.3) is 0 Å². The second-order valence-electron chi connectivity index (χ2n) is 4.22. The molecular weight excluding hydrogens is 336 g/mol. The summed E-state index contributed by atoms with van der Waals surface area (Å²) in [5.74, 6) is -0.506. The molecule has 3 aromatic rings. The van der Waals surface area contributed by atoms with Crippen molar-refractivity contribution in [2.45, 2.75) is 0 Å². The smallest absolute Gasteiger partial charge is 0.339 e. The van der Waals surface area contributed by atoms with E-state index in [4.69, 9.17) is 0 Å². The zero-order valence-electron chi connectivity index (χ0n) is 10.6. The van der Waals surface area contributed by atoms with Gasteiger partial charge in [-0.3, -0.25) is 4.98 Å². The summed E-state index contributed by atoms with van der Waals surface area (Å²) < 4.78 is 2.28. The maximum atomic E-state index is 11.4. The lowest BCUT2D eigenvalue weighted by Gasteiger charge is -1.99. The summed E-state index contributed by atoms with van der Waals surface area (Å²) in [6.07, 6.45) is 6.27. The molecule has 0 saturated carbocycles. The van der Waals surface area contributed by atoms with Crippen LogP contribution in [0, 0.1) is 0 Å². The van der Waals surface area contributed by atoms with Crippen molar-refractivity contribution in [1.29, 1.82) is 0 Å². The number of nitrogens with zero attached hydrogens (tertiary/aromatic N) is 4. The minimum Gasteiger partial charge on any atom is -0.478 e. The monoisotopic (exact) mass is 344 g/mol. The van der Waals surface area contributed by atoms with Crippen molar-refractivity contribution in [3.63, 3.8) is 0 Å². The van der Waals surface area contributed by atoms with Crippen molar-refractivity contribution in [1.82, 2.24) is 19.7 Å². The van der Waals surface area contributed by atoms with Gasteiger partial charge >= 0.3 is 5.97 Å². The van der Waals surface area contributed by atoms with Gasteiger partial charge in [0.15, 0.2) is 5.82 Å². The average Bonchev–Trinajstić information content (AvgIpc) is 2.94. The molecule has 0 saturated heterocycles. The van der Waals surface area contributed by atoms with Gasteiger partial charge in [0.2, 0.25) is 0 Å². The highest BCUT2D eigenvalue weighted by atomic mass is 79.9. The van der Waals surface area contributed by atoms with Gasteiger partial charge in [-0.1, -0.05) is 0 Å². The van der Waals surface area contributed by atoms with Crippen molar-refractivity contribution in [2.24, 2.45) is 0 Å². The van der Waals surface area contributed by atoms with E-state index in [2.05, 4.69) is 31.0 Å². The maximum Gasteiger partial charge on any atom is 0.339 e. The van der Waals surface area contributed by atoms with Gasteiger partial charge in [-0.15, -0.1) is 0 Å². The third-order valence-corrected chi connectivity index (χ3v) is 3.30. The lowest BCUT2D eigenvalue weighted by atomic mass is 10.1. The number of aromatic carboxylic acids is 1. The first-order valence-electron chi connectivity index (χ1n) is 6.00. The van der Waals surface area contributed by atoms with Gasteiger partial charge in [0.05, 0.1) is 0 Å². The highest BCUT2D eigenvalue weighted by Crippen LogP contribution is 2.22. The van der Waals surface area contributed by atoms with Gasteiger partial charge in [-0.05, 0) is 40.2 Å². The molecule has 6 nitrogen and oxygen atoms in total. The van der Waals surface area contributed by atoms with Gasteiger partial charge in [-0.25, -0.2) is 14.5 Å². The second kappa shape index (κ2) is 5.45. The van der Waals surface area contributed by atoms with Crippen LogP contribution < -0.4 is 0 Å². The van der Waals surface area contributed by atoms with Crippen LogP contribution in [0.1, 0.15) is 10.4 Å². The van der Waals surface area contributed by atoms with Crippen LogP contribution in [-0.2, 0) is 0 Å². The van der Waals surface area contributed by atoms with Gasteiger partial charge in [0.1, 0.15) is 11.3 Å². The van der Waals surface area contributed by atoms with Crippen LogP contribution in [0.15, 0.2) is 53.5 Å². The Balaban J connectivity index is 2.13. The first-order chi connectivity index (χ1) is 10.1. The zero-order valence-corrected chi connectivity index (χ0v) is 12.2. The average molecular weight is 345 g/mol. The molecule has 7 heteroatoms. The fourth-order valence-electron chi connectivity index (χ4n) is 1.87. The molecule has 0 unspecified atom stereocenters. The Morgan fingerprint density at radius 2 is 2.10 bits per heavy atom. The Labute approximate surface area is 128 Å². The lowest BCUT2D eigenvalue weighted by molar-refractivity contribution is 0.0697. The molecule has 3 heterocycles. The van der Waals surface area contributed by atoms with Crippen LogP contribution in [0.2, 0.25) is 0 Å². The first-order valence-corrected chi connectivity index (χ1v) is 6.80. The molecular formula is C14H9BrN4O2. The molecule has 21 heavy (non-hydrogen) atoms. The van der Waals surface area contributed by atoms with Gasteiger partial charge in [0, 0.05) is 34.8 Å². The van der Waals surface area contributed by atoms with Crippen LogP contribution in [0.3, 0.4) is 0 Å². The van der Waals surface area contributed by atoms with E-state index < -0.39 is 5.97 Å². The Hall–Kier alpha value is -2.54. The Morgan fingerprint density at radius 3 is 2.71 bits per heavy atom. The molecule has 0 aliphatic rings. The summed E-state index contributed by atoms with van der Waals surface area (Å²) in [6.45, 7) is 0. The molecule has 1 N–H and O–H groups in total. The van der Waals surface area contributed by atoms with Crippen LogP contribution in [0.25, 0.3) is 17.1 Å². The van der Waals surface area contributed by atoms with E-state index >= 15 is 0 Å². The summed E-state index contributed by atoms with van der Waals surface area (Å²) in [7, 11) is 0. The SMILES string of the molecule is O=C(O)c1cn(-c2ccc(Br)cn2)nc1-c1cccnc1. The number of rotatable bonds is 3. The molecule has 0 aromatic carbocycles. The molecule has 0 fully saturated rings. The van der Waals surface area contributed by atoms with Gasteiger partial charge in [-0.2, -0.15) is 5.10 Å². The van der Waals surface area contributed by atoms with E-state index in [0.717, 1.165) is 4.47 Å². The van der Waals surface area contributed by atoms with Gasteiger partial charge < -0.3 is 5.11 Å². The molecule has 3 rings (SSSR count). The summed E-state index contributed by atoms with van der Waals surface area (Å²) in [5.41, 5.74) is 1.11. The molecule has 0 bridgehead atoms. The first kappa shape index (κ1) is 13.4. The van der Waals surface area contributed by atoms with Crippen LogP contribution in [0.4, 0.5) is 0 Å². The molecule has 3 aromatic heterocycles. The quantitative estimate of drug-likeness (QED) is 0.789. The number of carboxylic acids is 1. The standard InChI is InChI=1S/C14H9BrN4O2/c15-10-3-4-12(17-7-10)19-8-11(14(20)21)13(18-19)9-2-1-5-16-6-9/h1-8H,(H,20,21). The van der Waals surface area contributed by atoms with E-state index in [1.54, 1.807) is 36.8 Å². The Morgan fingerprint density at radius 1 is 1.24 bits per heavy atom. The number of carbonyl (C=O) groups is 1. The summed E-state index contributed by atoms with van der Waals surface area (Å²) in [5, 5.41) is 13.6. The zero-order chi connectivity index (χ0) is 14.8. The fraction of sp³-hybridized carbons (Fsp3) is 0. The largest absolute Gasteiger partial charge is 0.478 e. The molecule has 0 radical (unpaired) electrons. The number of hydrogen-bond acceptors (Lipinski definition) is 4. The van der Waals surface area contributed by atoms with Crippen molar-refractivity contribution in [3.8, 4) is 17.1 Å². The number of carboxylic acid groups (broad SMARTS) is 1. The summed E-state index contributed by atoms with van der Waals surface area (Å²) in [4.78, 5) is 19.6. The van der Waals surface area contributed by atoms with E-state index in [-0.39, 0.29) is 5.56 Å². The van der Waals surface area contributed by atoms with E-state index in [1.807, 2.05) is 6.07 Å². The Bertz CT molecular complexity index is 784. The van der Waals surface area contributed by atoms with Crippen molar-refractivity contribution in [3.05, 3.63) is 59.1 Å². The summed E-state index contributed by atoms with van der Waals surface area (Å²) in [6, 6.07) is 7.06. The fourth-order valence-corrected chi connectivity index (χ4v) is 2.10. The maximum absolute atomic E-state index is 11.4. The molecule has 0 aliphatic carbocycles. The summed E-state index contributed by atoms with van der Waals surface area (Å²) >= 11 is 3.30. The second-order valence-corrected chi connectivity index (χ2v) is 5.13. The van der Waals surface area contributed by atoms with Crippen LogP contribution in [-0.4, -0.2) is 30.8 Å². The van der Waals surface area contributed by atoms with Crippen molar-refractivity contribution < 1.29 is 9.90 Å². The molecule has 0 spiro atoms.